The van der Waals surface area contributed by atoms with Crippen LogP contribution in [0.5, 0.6) is 0 Å². The molecule has 14 heavy (non-hydrogen) atoms. The summed E-state index contributed by atoms with van der Waals surface area (Å²) in [6.45, 7) is 4.22. The standard InChI is InChI=1S/C8H11N5O/c1-5-4-14-8(10-5)9-3-7-11-6(2)12-13-7/h4H,3H2,1-2H3,(H,9,10)(H,11,12,13). The van der Waals surface area contributed by atoms with Gasteiger partial charge in [-0.2, -0.15) is 10.1 Å². The summed E-state index contributed by atoms with van der Waals surface area (Å²) in [7, 11) is 0. The van der Waals surface area contributed by atoms with E-state index in [2.05, 4.69) is 25.5 Å². The molecule has 0 aliphatic heterocycles. The van der Waals surface area contributed by atoms with Gasteiger partial charge in [0.2, 0.25) is 0 Å². The molecule has 2 aromatic rings. The molecule has 6 nitrogen and oxygen atoms in total. The number of nitrogens with one attached hydrogen (secondary N) is 2. The fraction of sp³-hybridized carbons (Fsp3) is 0.375. The molecule has 0 unspecified atom stereocenters. The van der Waals surface area contributed by atoms with Crippen LogP contribution < -0.4 is 5.32 Å². The number of aryl methyl sites for hydroxylation is 2. The van der Waals surface area contributed by atoms with Crippen LogP contribution in [-0.4, -0.2) is 20.2 Å². The van der Waals surface area contributed by atoms with Crippen LogP contribution in [0.2, 0.25) is 0 Å². The van der Waals surface area contributed by atoms with Crippen molar-refractivity contribution in [3.63, 3.8) is 0 Å². The summed E-state index contributed by atoms with van der Waals surface area (Å²) in [5.74, 6) is 1.49. The van der Waals surface area contributed by atoms with Gasteiger partial charge in [-0.3, -0.25) is 5.10 Å². The molecule has 2 N–H and O–H groups in total. The van der Waals surface area contributed by atoms with Gasteiger partial charge in [-0.05, 0) is 13.8 Å². The van der Waals surface area contributed by atoms with Crippen LogP contribution in [-0.2, 0) is 6.54 Å². The van der Waals surface area contributed by atoms with E-state index in [1.165, 1.54) is 0 Å². The van der Waals surface area contributed by atoms with Crippen LogP contribution >= 0.6 is 0 Å². The Morgan fingerprint density at radius 3 is 2.86 bits per heavy atom. The Kier molecular flexibility index (Phi) is 2.18. The van der Waals surface area contributed by atoms with Crippen LogP contribution in [0.25, 0.3) is 0 Å². The van der Waals surface area contributed by atoms with Gasteiger partial charge < -0.3 is 9.73 Å². The normalized spacial score (nSPS) is 10.4. The minimum atomic E-state index is 0.491. The summed E-state index contributed by atoms with van der Waals surface area (Å²) >= 11 is 0. The van der Waals surface area contributed by atoms with Gasteiger partial charge in [0, 0.05) is 0 Å². The first-order valence-electron chi connectivity index (χ1n) is 4.28. The molecule has 0 bridgehead atoms. The molecule has 0 atom stereocenters. The molecule has 0 fully saturated rings. The molecule has 6 heteroatoms. The molecule has 0 aliphatic rings. The third kappa shape index (κ3) is 1.90. The van der Waals surface area contributed by atoms with Crippen molar-refractivity contribution in [1.29, 1.82) is 0 Å². The number of H-pyrrole nitrogens is 1. The Bertz CT molecular complexity index is 379. The molecule has 0 saturated carbocycles. The maximum atomic E-state index is 5.10. The predicted molar refractivity (Wildman–Crippen MR) is 49.7 cm³/mol. The summed E-state index contributed by atoms with van der Waals surface area (Å²) in [5, 5.41) is 9.70. The maximum absolute atomic E-state index is 5.10. The van der Waals surface area contributed by atoms with E-state index < -0.39 is 0 Å². The maximum Gasteiger partial charge on any atom is 0.295 e. The average Bonchev–Trinajstić information content (AvgIpc) is 2.72. The smallest absolute Gasteiger partial charge is 0.295 e. The number of hydrogen-bond acceptors (Lipinski definition) is 5. The molecule has 2 rings (SSSR count). The van der Waals surface area contributed by atoms with Crippen LogP contribution in [0, 0.1) is 13.8 Å². The Hall–Kier alpha value is -1.85. The van der Waals surface area contributed by atoms with Crippen molar-refractivity contribution in [3.05, 3.63) is 23.6 Å². The Labute approximate surface area is 80.8 Å². The minimum Gasteiger partial charge on any atom is -0.432 e. The van der Waals surface area contributed by atoms with Gasteiger partial charge in [0.05, 0.1) is 12.2 Å². The molecule has 0 aliphatic carbocycles. The lowest BCUT2D eigenvalue weighted by molar-refractivity contribution is 0.569. The van der Waals surface area contributed by atoms with E-state index in [0.29, 0.717) is 18.4 Å². The van der Waals surface area contributed by atoms with E-state index in [9.17, 15) is 0 Å². The first kappa shape index (κ1) is 8.74. The number of hydrogen-bond donors (Lipinski definition) is 2. The fourth-order valence-corrected chi connectivity index (χ4v) is 1.06. The van der Waals surface area contributed by atoms with Gasteiger partial charge in [-0.1, -0.05) is 0 Å². The number of oxazole rings is 1. The predicted octanol–water partition coefficient (Wildman–Crippen LogP) is 1.02. The lowest BCUT2D eigenvalue weighted by Gasteiger charge is -1.95. The first-order chi connectivity index (χ1) is 6.74. The van der Waals surface area contributed by atoms with Crippen molar-refractivity contribution in [2.75, 3.05) is 5.32 Å². The molecule has 2 heterocycles. The number of aromatic amines is 1. The molecular formula is C8H11N5O. The Morgan fingerprint density at radius 1 is 1.43 bits per heavy atom. The average molecular weight is 193 g/mol. The monoisotopic (exact) mass is 193 g/mol. The summed E-state index contributed by atoms with van der Waals surface area (Å²) in [5.41, 5.74) is 0.846. The second-order valence-electron chi connectivity index (χ2n) is 2.98. The Balaban J connectivity index is 1.94. The van der Waals surface area contributed by atoms with Crippen LogP contribution in [0.4, 0.5) is 6.01 Å². The lowest BCUT2D eigenvalue weighted by atomic mass is 10.6. The van der Waals surface area contributed by atoms with Gasteiger partial charge in [0.15, 0.2) is 5.82 Å². The molecule has 74 valence electrons. The SMILES string of the molecule is Cc1coc(NCc2n[nH]c(C)n2)n1. The highest BCUT2D eigenvalue weighted by Crippen LogP contribution is 2.06. The van der Waals surface area contributed by atoms with Crippen molar-refractivity contribution < 1.29 is 4.42 Å². The van der Waals surface area contributed by atoms with Crippen molar-refractivity contribution in [2.45, 2.75) is 20.4 Å². The second-order valence-corrected chi connectivity index (χ2v) is 2.98. The third-order valence-electron chi connectivity index (χ3n) is 1.66. The fourth-order valence-electron chi connectivity index (χ4n) is 1.06. The van der Waals surface area contributed by atoms with Crippen molar-refractivity contribution >= 4 is 6.01 Å². The second kappa shape index (κ2) is 3.49. The van der Waals surface area contributed by atoms with Gasteiger partial charge in [0.1, 0.15) is 12.1 Å². The van der Waals surface area contributed by atoms with Gasteiger partial charge in [-0.25, -0.2) is 4.98 Å². The highest BCUT2D eigenvalue weighted by molar-refractivity contribution is 5.20. The van der Waals surface area contributed by atoms with Crippen molar-refractivity contribution in [2.24, 2.45) is 0 Å². The lowest BCUT2D eigenvalue weighted by Crippen LogP contribution is -2.01. The van der Waals surface area contributed by atoms with Gasteiger partial charge >= 0.3 is 0 Å². The van der Waals surface area contributed by atoms with E-state index in [4.69, 9.17) is 4.42 Å². The third-order valence-corrected chi connectivity index (χ3v) is 1.66. The topological polar surface area (TPSA) is 79.6 Å². The number of aromatic nitrogens is 4. The molecule has 2 aromatic heterocycles. The molecule has 0 aromatic carbocycles. The molecule has 0 amide bonds. The van der Waals surface area contributed by atoms with E-state index >= 15 is 0 Å². The van der Waals surface area contributed by atoms with Crippen LogP contribution in [0.15, 0.2) is 10.7 Å². The zero-order valence-corrected chi connectivity index (χ0v) is 8.03. The quantitative estimate of drug-likeness (QED) is 0.760. The summed E-state index contributed by atoms with van der Waals surface area (Å²) < 4.78 is 5.10. The van der Waals surface area contributed by atoms with Crippen LogP contribution in [0.1, 0.15) is 17.3 Å². The van der Waals surface area contributed by atoms with Gasteiger partial charge in [0.25, 0.3) is 6.01 Å². The molecule has 0 radical (unpaired) electrons. The van der Waals surface area contributed by atoms with Crippen molar-refractivity contribution in [1.82, 2.24) is 20.2 Å². The van der Waals surface area contributed by atoms with E-state index in [-0.39, 0.29) is 0 Å². The molecule has 0 saturated heterocycles. The highest BCUT2D eigenvalue weighted by Gasteiger charge is 2.02. The van der Waals surface area contributed by atoms with E-state index in [1.54, 1.807) is 6.26 Å². The largest absolute Gasteiger partial charge is 0.432 e. The van der Waals surface area contributed by atoms with Crippen LogP contribution in [0.3, 0.4) is 0 Å². The number of rotatable bonds is 3. The molecular weight excluding hydrogens is 182 g/mol. The zero-order chi connectivity index (χ0) is 9.97. The van der Waals surface area contributed by atoms with Crippen molar-refractivity contribution in [3.8, 4) is 0 Å². The Morgan fingerprint density at radius 2 is 2.29 bits per heavy atom. The summed E-state index contributed by atoms with van der Waals surface area (Å²) in [4.78, 5) is 8.22. The zero-order valence-electron chi connectivity index (χ0n) is 8.03. The number of anilines is 1. The summed E-state index contributed by atoms with van der Waals surface area (Å²) in [6, 6.07) is 0.491. The summed E-state index contributed by atoms with van der Waals surface area (Å²) in [6.07, 6.45) is 1.59. The first-order valence-corrected chi connectivity index (χ1v) is 4.28. The minimum absolute atomic E-state index is 0.491. The number of nitrogens with zero attached hydrogens (tertiary/aromatic N) is 3. The van der Waals surface area contributed by atoms with E-state index in [1.807, 2.05) is 13.8 Å². The van der Waals surface area contributed by atoms with Gasteiger partial charge in [-0.15, -0.1) is 0 Å². The molecule has 0 spiro atoms. The highest BCUT2D eigenvalue weighted by atomic mass is 16.4. The van der Waals surface area contributed by atoms with E-state index in [0.717, 1.165) is 11.5 Å².